The lowest BCUT2D eigenvalue weighted by Gasteiger charge is -2.10. The van der Waals surface area contributed by atoms with E-state index in [4.69, 9.17) is 16.7 Å². The van der Waals surface area contributed by atoms with Crippen molar-refractivity contribution in [3.05, 3.63) is 76.6 Å². The number of carbonyl (C=O) groups excluding carboxylic acids is 1. The van der Waals surface area contributed by atoms with Crippen LogP contribution in [-0.4, -0.2) is 14.2 Å². The predicted molar refractivity (Wildman–Crippen MR) is 90.2 cm³/mol. The lowest BCUT2D eigenvalue weighted by molar-refractivity contribution is 0.104. The van der Waals surface area contributed by atoms with Crippen LogP contribution in [0.2, 0.25) is 5.02 Å². The number of benzene rings is 3. The average molecular weight is 364 g/mol. The Morgan fingerprint density at radius 1 is 1.00 bits per heavy atom. The van der Waals surface area contributed by atoms with Gasteiger partial charge in [0.15, 0.2) is 5.78 Å². The average Bonchev–Trinajstić information content (AvgIpc) is 2.53. The first-order chi connectivity index (χ1) is 11.3. The number of sulfonamides is 1. The van der Waals surface area contributed by atoms with Crippen molar-refractivity contribution >= 4 is 38.2 Å². The molecule has 0 bridgehead atoms. The van der Waals surface area contributed by atoms with Crippen LogP contribution < -0.4 is 5.14 Å². The van der Waals surface area contributed by atoms with Crippen LogP contribution in [0.5, 0.6) is 0 Å². The van der Waals surface area contributed by atoms with Gasteiger partial charge in [-0.1, -0.05) is 23.7 Å². The third kappa shape index (κ3) is 3.03. The maximum Gasteiger partial charge on any atom is 0.238 e. The van der Waals surface area contributed by atoms with Crippen molar-refractivity contribution in [2.24, 2.45) is 5.14 Å². The highest BCUT2D eigenvalue weighted by atomic mass is 35.5. The Balaban J connectivity index is 2.22. The van der Waals surface area contributed by atoms with Crippen molar-refractivity contribution in [1.82, 2.24) is 0 Å². The second kappa shape index (κ2) is 5.98. The molecule has 0 radical (unpaired) electrons. The maximum atomic E-state index is 13.0. The largest absolute Gasteiger partial charge is 0.289 e. The van der Waals surface area contributed by atoms with Gasteiger partial charge in [-0.25, -0.2) is 17.9 Å². The van der Waals surface area contributed by atoms with Crippen LogP contribution >= 0.6 is 11.6 Å². The van der Waals surface area contributed by atoms with Crippen LogP contribution in [-0.2, 0) is 10.0 Å². The van der Waals surface area contributed by atoms with Gasteiger partial charge in [-0.05, 0) is 53.2 Å². The van der Waals surface area contributed by atoms with Crippen LogP contribution in [0.4, 0.5) is 4.39 Å². The summed E-state index contributed by atoms with van der Waals surface area (Å²) in [5, 5.41) is 6.35. The third-order valence-corrected chi connectivity index (χ3v) is 4.83. The van der Waals surface area contributed by atoms with E-state index in [2.05, 4.69) is 0 Å². The van der Waals surface area contributed by atoms with Crippen LogP contribution in [0.1, 0.15) is 15.9 Å². The molecule has 0 atom stereocenters. The van der Waals surface area contributed by atoms with E-state index in [9.17, 15) is 17.6 Å². The number of rotatable bonds is 3. The van der Waals surface area contributed by atoms with Gasteiger partial charge in [0, 0.05) is 11.1 Å². The van der Waals surface area contributed by atoms with Gasteiger partial charge in [0.05, 0.1) is 9.92 Å². The van der Waals surface area contributed by atoms with Gasteiger partial charge < -0.3 is 0 Å². The van der Waals surface area contributed by atoms with Crippen molar-refractivity contribution in [3.8, 4) is 0 Å². The summed E-state index contributed by atoms with van der Waals surface area (Å²) in [6.07, 6.45) is 0. The quantitative estimate of drug-likeness (QED) is 0.723. The second-order valence-electron chi connectivity index (χ2n) is 5.19. The van der Waals surface area contributed by atoms with E-state index in [1.165, 1.54) is 48.5 Å². The maximum absolute atomic E-state index is 13.0. The molecule has 122 valence electrons. The molecule has 0 aliphatic rings. The van der Waals surface area contributed by atoms with Crippen molar-refractivity contribution in [2.45, 2.75) is 4.90 Å². The number of carbonyl (C=O) groups is 1. The highest BCUT2D eigenvalue weighted by molar-refractivity contribution is 7.89. The number of halogens is 2. The molecule has 4 nitrogen and oxygen atoms in total. The van der Waals surface area contributed by atoms with E-state index in [1.807, 2.05) is 0 Å². The Kier molecular flexibility index (Phi) is 4.13. The molecule has 0 fully saturated rings. The zero-order valence-electron chi connectivity index (χ0n) is 12.2. The summed E-state index contributed by atoms with van der Waals surface area (Å²) in [4.78, 5) is 12.7. The van der Waals surface area contributed by atoms with E-state index < -0.39 is 15.8 Å². The third-order valence-electron chi connectivity index (χ3n) is 3.60. The van der Waals surface area contributed by atoms with Gasteiger partial charge >= 0.3 is 0 Å². The van der Waals surface area contributed by atoms with E-state index in [1.54, 1.807) is 6.07 Å². The van der Waals surface area contributed by atoms with Crippen LogP contribution in [0.15, 0.2) is 59.5 Å². The molecule has 0 spiro atoms. The van der Waals surface area contributed by atoms with Crippen LogP contribution in [0.25, 0.3) is 10.8 Å². The molecule has 0 amide bonds. The highest BCUT2D eigenvalue weighted by Crippen LogP contribution is 2.30. The topological polar surface area (TPSA) is 77.2 Å². The van der Waals surface area contributed by atoms with E-state index in [0.29, 0.717) is 10.8 Å². The van der Waals surface area contributed by atoms with Crippen molar-refractivity contribution in [1.29, 1.82) is 0 Å². The molecule has 0 aliphatic heterocycles. The number of hydrogen-bond acceptors (Lipinski definition) is 3. The summed E-state index contributed by atoms with van der Waals surface area (Å²) in [5.41, 5.74) is 0.503. The molecule has 0 aliphatic carbocycles. The van der Waals surface area contributed by atoms with E-state index in [0.717, 1.165) is 0 Å². The fourth-order valence-electron chi connectivity index (χ4n) is 2.43. The fraction of sp³-hybridized carbons (Fsp3) is 0. The number of fused-ring (bicyclic) bond motifs is 1. The number of ketones is 1. The lowest BCUT2D eigenvalue weighted by Crippen LogP contribution is -2.12. The van der Waals surface area contributed by atoms with Gasteiger partial charge in [-0.2, -0.15) is 0 Å². The normalized spacial score (nSPS) is 11.6. The van der Waals surface area contributed by atoms with E-state index >= 15 is 0 Å². The Morgan fingerprint density at radius 2 is 1.67 bits per heavy atom. The van der Waals surface area contributed by atoms with Gasteiger partial charge in [0.1, 0.15) is 5.82 Å². The van der Waals surface area contributed by atoms with Crippen molar-refractivity contribution < 1.29 is 17.6 Å². The monoisotopic (exact) mass is 363 g/mol. The minimum Gasteiger partial charge on any atom is -0.289 e. The zero-order valence-corrected chi connectivity index (χ0v) is 13.7. The predicted octanol–water partition coefficient (Wildman–Crippen LogP) is 3.51. The molecule has 0 saturated heterocycles. The summed E-state index contributed by atoms with van der Waals surface area (Å²) in [6, 6.07) is 12.4. The standard InChI is InChI=1S/C17H11ClFNO3S/c18-15-8-3-11-9-13(24(20,22)23)6-7-14(11)16(15)17(21)10-1-4-12(19)5-2-10/h1-9H,(H2,20,22,23). The molecular formula is C17H11ClFNO3S. The molecule has 3 rings (SSSR count). The summed E-state index contributed by atoms with van der Waals surface area (Å²) in [5.74, 6) is -0.831. The zero-order chi connectivity index (χ0) is 17.5. The van der Waals surface area contributed by atoms with Gasteiger partial charge in [0.25, 0.3) is 0 Å². The Bertz CT molecular complexity index is 1060. The summed E-state index contributed by atoms with van der Waals surface area (Å²) >= 11 is 6.17. The fourth-order valence-corrected chi connectivity index (χ4v) is 3.23. The van der Waals surface area contributed by atoms with Gasteiger partial charge in [-0.15, -0.1) is 0 Å². The van der Waals surface area contributed by atoms with E-state index in [-0.39, 0.29) is 26.8 Å². The van der Waals surface area contributed by atoms with Crippen LogP contribution in [0, 0.1) is 5.82 Å². The van der Waals surface area contributed by atoms with Crippen LogP contribution in [0.3, 0.4) is 0 Å². The smallest absolute Gasteiger partial charge is 0.238 e. The van der Waals surface area contributed by atoms with Gasteiger partial charge in [0.2, 0.25) is 10.0 Å². The molecule has 3 aromatic rings. The molecule has 24 heavy (non-hydrogen) atoms. The highest BCUT2D eigenvalue weighted by Gasteiger charge is 2.18. The molecule has 0 saturated carbocycles. The summed E-state index contributed by atoms with van der Waals surface area (Å²) in [7, 11) is -3.85. The van der Waals surface area contributed by atoms with Crippen molar-refractivity contribution in [3.63, 3.8) is 0 Å². The first kappa shape index (κ1) is 16.6. The Morgan fingerprint density at radius 3 is 2.29 bits per heavy atom. The molecule has 0 unspecified atom stereocenters. The first-order valence-electron chi connectivity index (χ1n) is 6.83. The summed E-state index contributed by atoms with van der Waals surface area (Å²) < 4.78 is 36.0. The SMILES string of the molecule is NS(=O)(=O)c1ccc2c(C(=O)c3ccc(F)cc3)c(Cl)ccc2c1. The molecular weight excluding hydrogens is 353 g/mol. The Hall–Kier alpha value is -2.28. The molecule has 0 heterocycles. The lowest BCUT2D eigenvalue weighted by atomic mass is 9.97. The minimum absolute atomic E-state index is 0.0579. The molecule has 3 aromatic carbocycles. The first-order valence-corrected chi connectivity index (χ1v) is 8.75. The minimum atomic E-state index is -3.85. The van der Waals surface area contributed by atoms with Gasteiger partial charge in [-0.3, -0.25) is 4.79 Å². The second-order valence-corrected chi connectivity index (χ2v) is 7.15. The molecule has 2 N–H and O–H groups in total. The van der Waals surface area contributed by atoms with Crippen molar-refractivity contribution in [2.75, 3.05) is 0 Å². The number of primary sulfonamides is 1. The molecule has 0 aromatic heterocycles. The number of nitrogens with two attached hydrogens (primary N) is 1. The number of hydrogen-bond donors (Lipinski definition) is 1. The molecule has 7 heteroatoms. The Labute approximate surface area is 142 Å². The summed E-state index contributed by atoms with van der Waals surface area (Å²) in [6.45, 7) is 0.